The Kier molecular flexibility index (Phi) is 5.19. The van der Waals surface area contributed by atoms with Crippen LogP contribution in [0.3, 0.4) is 0 Å². The van der Waals surface area contributed by atoms with E-state index in [1.54, 1.807) is 0 Å². The van der Waals surface area contributed by atoms with Crippen molar-refractivity contribution in [2.75, 3.05) is 5.73 Å². The zero-order chi connectivity index (χ0) is 6.85. The molecule has 0 fully saturated rings. The summed E-state index contributed by atoms with van der Waals surface area (Å²) in [6.07, 6.45) is 0. The molecule has 1 nitrogen and oxygen atoms in total. The normalized spacial score (nSPS) is 8.60. The minimum absolute atomic E-state index is 0. The number of nitrogen functional groups attached to an aromatic ring is 1. The van der Waals surface area contributed by atoms with Crippen molar-refractivity contribution in [2.24, 2.45) is 0 Å². The third kappa shape index (κ3) is 2.90. The molecule has 0 aliphatic carbocycles. The number of anilines is 1. The van der Waals surface area contributed by atoms with Gasteiger partial charge in [-0.1, -0.05) is 0 Å². The summed E-state index contributed by atoms with van der Waals surface area (Å²) in [5.41, 5.74) is 5.85. The molecule has 0 amide bonds. The van der Waals surface area contributed by atoms with E-state index in [-0.39, 0.29) is 57.2 Å². The van der Waals surface area contributed by atoms with Gasteiger partial charge in [0.25, 0.3) is 0 Å². The molecule has 0 heterocycles. The van der Waals surface area contributed by atoms with Crippen LogP contribution in [0.4, 0.5) is 10.1 Å². The van der Waals surface area contributed by atoms with E-state index in [2.05, 4.69) is 12.6 Å². The second kappa shape index (κ2) is 4.74. The Morgan fingerprint density at radius 2 is 2.00 bits per heavy atom. The van der Waals surface area contributed by atoms with Crippen LogP contribution in [0.15, 0.2) is 23.1 Å². The average molecular weight is 183 g/mol. The number of halogens is 1. The van der Waals surface area contributed by atoms with Crippen molar-refractivity contribution in [2.45, 2.75) is 4.90 Å². The van der Waals surface area contributed by atoms with Crippen molar-refractivity contribution >= 4 is 69.7 Å². The van der Waals surface area contributed by atoms with Gasteiger partial charge in [0, 0.05) is 10.6 Å². The van der Waals surface area contributed by atoms with E-state index in [0.717, 1.165) is 0 Å². The fourth-order valence-electron chi connectivity index (χ4n) is 0.517. The van der Waals surface area contributed by atoms with Crippen LogP contribution in [-0.2, 0) is 0 Å². The Morgan fingerprint density at radius 1 is 1.40 bits per heavy atom. The number of hydrogen-bond acceptors (Lipinski definition) is 2. The van der Waals surface area contributed by atoms with Crippen LogP contribution in [-0.4, -0.2) is 51.4 Å². The van der Waals surface area contributed by atoms with Crippen LogP contribution in [0.5, 0.6) is 0 Å². The van der Waals surface area contributed by atoms with E-state index >= 15 is 0 Å². The summed E-state index contributed by atoms with van der Waals surface area (Å²) in [6.45, 7) is 0. The number of hydrogen-bond donors (Lipinski definition) is 2. The summed E-state index contributed by atoms with van der Waals surface area (Å²) in [6, 6.07) is 4.06. The van der Waals surface area contributed by atoms with Crippen molar-refractivity contribution in [1.29, 1.82) is 0 Å². The third-order valence-corrected chi connectivity index (χ3v) is 1.38. The van der Waals surface area contributed by atoms with Crippen LogP contribution in [0.25, 0.3) is 0 Å². The molecule has 1 aromatic rings. The van der Waals surface area contributed by atoms with Crippen LogP contribution in [0, 0.1) is 5.82 Å². The van der Waals surface area contributed by atoms with Gasteiger partial charge in [-0.05, 0) is 18.2 Å². The van der Waals surface area contributed by atoms with E-state index in [9.17, 15) is 4.39 Å². The molecule has 0 aromatic heterocycles. The van der Waals surface area contributed by atoms with Gasteiger partial charge in [0.05, 0.1) is 0 Å². The Labute approximate surface area is 107 Å². The summed E-state index contributed by atoms with van der Waals surface area (Å²) in [7, 11) is 0. The second-order valence-electron chi connectivity index (χ2n) is 1.70. The van der Waals surface area contributed by atoms with Crippen LogP contribution >= 0.6 is 12.6 Å². The topological polar surface area (TPSA) is 26.0 Å². The molecule has 2 N–H and O–H groups in total. The van der Waals surface area contributed by atoms with Gasteiger partial charge in [0.1, 0.15) is 5.82 Å². The number of thiol groups is 1. The molecule has 0 bridgehead atoms. The predicted molar refractivity (Wildman–Crippen MR) is 45.2 cm³/mol. The second-order valence-corrected chi connectivity index (χ2v) is 2.18. The van der Waals surface area contributed by atoms with Gasteiger partial charge >= 0.3 is 51.4 Å². The minimum atomic E-state index is -0.311. The first-order valence-corrected chi connectivity index (χ1v) is 2.89. The average Bonchev–Trinajstić information content (AvgIpc) is 1.80. The number of nitrogens with two attached hydrogens (primary N) is 1. The molecule has 1 aromatic carbocycles. The molecular formula is C6H7FKNS. The van der Waals surface area contributed by atoms with Gasteiger partial charge in [-0.25, -0.2) is 4.39 Å². The molecule has 1 rings (SSSR count). The fraction of sp³-hybridized carbons (Fsp3) is 0. The molecule has 0 aliphatic rings. The zero-order valence-electron chi connectivity index (χ0n) is 4.63. The van der Waals surface area contributed by atoms with Crippen molar-refractivity contribution < 1.29 is 4.39 Å². The van der Waals surface area contributed by atoms with Crippen molar-refractivity contribution in [3.05, 3.63) is 24.0 Å². The van der Waals surface area contributed by atoms with Gasteiger partial charge in [0.2, 0.25) is 0 Å². The van der Waals surface area contributed by atoms with Crippen molar-refractivity contribution in [1.82, 2.24) is 0 Å². The SMILES string of the molecule is Nc1ccc(F)cc1S.[KH]. The third-order valence-electron chi connectivity index (χ3n) is 0.992. The van der Waals surface area contributed by atoms with E-state index in [1.807, 2.05) is 0 Å². The van der Waals surface area contributed by atoms with E-state index < -0.39 is 0 Å². The van der Waals surface area contributed by atoms with Gasteiger partial charge in [-0.15, -0.1) is 12.6 Å². The molecule has 0 aliphatic heterocycles. The molecule has 0 saturated carbocycles. The summed E-state index contributed by atoms with van der Waals surface area (Å²) in [5, 5.41) is 0. The molecule has 10 heavy (non-hydrogen) atoms. The monoisotopic (exact) mass is 183 g/mol. The van der Waals surface area contributed by atoms with Crippen molar-refractivity contribution in [3.8, 4) is 0 Å². The summed E-state index contributed by atoms with van der Waals surface area (Å²) >= 11 is 3.90. The summed E-state index contributed by atoms with van der Waals surface area (Å²) < 4.78 is 12.2. The zero-order valence-corrected chi connectivity index (χ0v) is 5.53. The quantitative estimate of drug-likeness (QED) is 0.351. The molecule has 0 unspecified atom stereocenters. The first kappa shape index (κ1) is 10.9. The molecule has 0 atom stereocenters. The van der Waals surface area contributed by atoms with E-state index in [1.165, 1.54) is 18.2 Å². The van der Waals surface area contributed by atoms with Gasteiger partial charge in [-0.3, -0.25) is 0 Å². The van der Waals surface area contributed by atoms with Crippen LogP contribution in [0.2, 0.25) is 0 Å². The Balaban J connectivity index is 0.000000810. The van der Waals surface area contributed by atoms with Gasteiger partial charge < -0.3 is 5.73 Å². The van der Waals surface area contributed by atoms with E-state index in [4.69, 9.17) is 5.73 Å². The number of benzene rings is 1. The first-order valence-electron chi connectivity index (χ1n) is 2.44. The Morgan fingerprint density at radius 3 is 2.40 bits per heavy atom. The summed E-state index contributed by atoms with van der Waals surface area (Å²) in [4.78, 5) is 0.481. The standard InChI is InChI=1S/C6H6FNS.K.H/c7-4-1-2-5(8)6(9)3-4;;/h1-3,9H,8H2;;. The molecule has 4 heteroatoms. The Hall–Kier alpha value is 0.936. The predicted octanol–water partition coefficient (Wildman–Crippen LogP) is 1.05. The maximum absolute atomic E-state index is 12.2. The molecule has 0 spiro atoms. The summed E-state index contributed by atoms with van der Waals surface area (Å²) in [5.74, 6) is -0.311. The Bertz CT molecular complexity index is 229. The molecule has 0 saturated heterocycles. The molecular weight excluding hydrogens is 176 g/mol. The maximum atomic E-state index is 12.2. The molecule has 50 valence electrons. The molecule has 0 radical (unpaired) electrons. The van der Waals surface area contributed by atoms with Crippen molar-refractivity contribution in [3.63, 3.8) is 0 Å². The number of rotatable bonds is 0. The van der Waals surface area contributed by atoms with E-state index in [0.29, 0.717) is 10.6 Å². The van der Waals surface area contributed by atoms with Gasteiger partial charge in [-0.2, -0.15) is 0 Å². The van der Waals surface area contributed by atoms with Crippen LogP contribution < -0.4 is 5.73 Å². The first-order chi connectivity index (χ1) is 4.20. The fourth-order valence-corrected chi connectivity index (χ4v) is 0.715. The van der Waals surface area contributed by atoms with Gasteiger partial charge in [0.15, 0.2) is 0 Å². The van der Waals surface area contributed by atoms with Crippen LogP contribution in [0.1, 0.15) is 0 Å².